The maximum Gasteiger partial charge on any atom is 0.410 e. The number of piperazine rings is 1. The van der Waals surface area contributed by atoms with Crippen molar-refractivity contribution in [2.45, 2.75) is 141 Å². The molecule has 60 heavy (non-hydrogen) atoms. The Morgan fingerprint density at radius 1 is 0.983 bits per heavy atom. The first kappa shape index (κ1) is 42.2. The van der Waals surface area contributed by atoms with Crippen LogP contribution in [0.15, 0.2) is 36.5 Å². The molecule has 2 atom stereocenters. The lowest BCUT2D eigenvalue weighted by atomic mass is 9.95. The standard InChI is InChI=1S/C48H63FN6O4Si/c1-30(2)60(31(3)4,32(5)6)23-18-33-14-11-15-34-24-37(57-10)25-38(40(33)34)42-41(49)43-39(26-50-42)44(52-45(51-43)58-29-48-19-12-21-54(48)22-13-20-48)53-27-35-16-17-36(28-53)55(35)46(56)59-47(7,8)9/h11,14-15,24-26,30-32,35-36H,12-13,16-17,19-22,27-29H2,1-10H3/t35-,36+. The number of ether oxygens (including phenoxy) is 3. The molecule has 0 unspecified atom stereocenters. The van der Waals surface area contributed by atoms with Crippen LogP contribution in [0.1, 0.15) is 106 Å². The summed E-state index contributed by atoms with van der Waals surface area (Å²) in [6, 6.07) is 9.94. The number of benzene rings is 2. The van der Waals surface area contributed by atoms with Crippen LogP contribution >= 0.6 is 0 Å². The highest BCUT2D eigenvalue weighted by Gasteiger charge is 2.47. The Balaban J connectivity index is 1.26. The summed E-state index contributed by atoms with van der Waals surface area (Å²) < 4.78 is 35.9. The highest BCUT2D eigenvalue weighted by atomic mass is 28.3. The molecule has 0 spiro atoms. The third kappa shape index (κ3) is 7.48. The van der Waals surface area contributed by atoms with Crippen molar-refractivity contribution in [2.75, 3.05) is 44.8 Å². The first-order valence-corrected chi connectivity index (χ1v) is 24.4. The van der Waals surface area contributed by atoms with Gasteiger partial charge in [-0.05, 0) is 113 Å². The molecule has 6 heterocycles. The van der Waals surface area contributed by atoms with Crippen molar-refractivity contribution in [3.8, 4) is 34.5 Å². The van der Waals surface area contributed by atoms with Gasteiger partial charge >= 0.3 is 12.1 Å². The summed E-state index contributed by atoms with van der Waals surface area (Å²) in [5.41, 5.74) is 6.40. The Hall–Kier alpha value is -4.47. The molecule has 2 aromatic heterocycles. The van der Waals surface area contributed by atoms with E-state index in [9.17, 15) is 4.79 Å². The fourth-order valence-electron chi connectivity index (χ4n) is 11.3. The minimum atomic E-state index is -2.08. The number of amides is 1. The SMILES string of the molecule is COc1cc(-c2ncc3c(N4C[C@H]5CC[C@@H](C4)N5C(=O)OC(C)(C)C)nc(OCC45CCCN4CCC5)nc3c2F)c2c(C#C[Si](C(C)C)(C(C)C)C(C)C)cccc2c1. The van der Waals surface area contributed by atoms with Gasteiger partial charge in [0.25, 0.3) is 0 Å². The zero-order valence-corrected chi connectivity index (χ0v) is 38.3. The molecule has 4 aromatic rings. The summed E-state index contributed by atoms with van der Waals surface area (Å²) in [6.45, 7) is 23.2. The van der Waals surface area contributed by atoms with E-state index in [2.05, 4.69) is 62.8 Å². The van der Waals surface area contributed by atoms with Gasteiger partial charge in [-0.1, -0.05) is 59.6 Å². The third-order valence-electron chi connectivity index (χ3n) is 14.0. The van der Waals surface area contributed by atoms with Crippen molar-refractivity contribution in [3.05, 3.63) is 47.9 Å². The number of aromatic nitrogens is 3. The molecule has 0 saturated carbocycles. The summed E-state index contributed by atoms with van der Waals surface area (Å²) in [7, 11) is -0.459. The first-order chi connectivity index (χ1) is 28.5. The first-order valence-electron chi connectivity index (χ1n) is 22.2. The van der Waals surface area contributed by atoms with E-state index in [1.165, 1.54) is 0 Å². The van der Waals surface area contributed by atoms with Gasteiger partial charge in [0, 0.05) is 35.8 Å². The monoisotopic (exact) mass is 834 g/mol. The fourth-order valence-corrected chi connectivity index (χ4v) is 16.5. The quantitative estimate of drug-likeness (QED) is 0.121. The van der Waals surface area contributed by atoms with Crippen molar-refractivity contribution in [1.82, 2.24) is 24.8 Å². The normalized spacial score (nSPS) is 20.4. The van der Waals surface area contributed by atoms with Crippen LogP contribution in [0.2, 0.25) is 16.6 Å². The molecular weight excluding hydrogens is 772 g/mol. The van der Waals surface area contributed by atoms with Crippen molar-refractivity contribution < 1.29 is 23.4 Å². The Kier molecular flexibility index (Phi) is 11.3. The smallest absolute Gasteiger partial charge is 0.410 e. The summed E-state index contributed by atoms with van der Waals surface area (Å²) in [5.74, 6) is 4.28. The highest BCUT2D eigenvalue weighted by Crippen LogP contribution is 2.44. The van der Waals surface area contributed by atoms with Crippen LogP contribution in [0.3, 0.4) is 0 Å². The molecule has 2 aromatic carbocycles. The van der Waals surface area contributed by atoms with Gasteiger partial charge in [-0.2, -0.15) is 9.97 Å². The average molecular weight is 835 g/mol. The van der Waals surface area contributed by atoms with E-state index < -0.39 is 19.5 Å². The molecule has 12 heteroatoms. The Morgan fingerprint density at radius 3 is 2.27 bits per heavy atom. The minimum absolute atomic E-state index is 0.0450. The van der Waals surface area contributed by atoms with Crippen LogP contribution in [0.4, 0.5) is 15.0 Å². The van der Waals surface area contributed by atoms with E-state index in [1.54, 1.807) is 13.3 Å². The zero-order chi connectivity index (χ0) is 42.7. The Morgan fingerprint density at radius 2 is 1.65 bits per heavy atom. The summed E-state index contributed by atoms with van der Waals surface area (Å²) in [6.07, 6.45) is 7.52. The second kappa shape index (κ2) is 16.1. The van der Waals surface area contributed by atoms with Gasteiger partial charge in [-0.15, -0.1) is 5.54 Å². The van der Waals surface area contributed by atoms with E-state index in [0.29, 0.717) is 58.8 Å². The lowest BCUT2D eigenvalue weighted by Gasteiger charge is -2.42. The predicted molar refractivity (Wildman–Crippen MR) is 240 cm³/mol. The number of rotatable bonds is 9. The second-order valence-corrected chi connectivity index (χ2v) is 25.2. The molecule has 4 saturated heterocycles. The van der Waals surface area contributed by atoms with E-state index in [0.717, 1.165) is 68.0 Å². The molecule has 4 aliphatic rings. The number of pyridine rings is 1. The Labute approximate surface area is 356 Å². The number of hydrogen-bond acceptors (Lipinski definition) is 9. The van der Waals surface area contributed by atoms with Gasteiger partial charge in [-0.3, -0.25) is 14.8 Å². The number of nitrogens with zero attached hydrogens (tertiary/aromatic N) is 6. The molecule has 8 rings (SSSR count). The van der Waals surface area contributed by atoms with Crippen molar-refractivity contribution >= 4 is 41.7 Å². The van der Waals surface area contributed by atoms with Crippen LogP contribution < -0.4 is 14.4 Å². The van der Waals surface area contributed by atoms with Gasteiger partial charge in [0.1, 0.15) is 43.1 Å². The summed E-state index contributed by atoms with van der Waals surface area (Å²) in [4.78, 5) is 34.8. The minimum Gasteiger partial charge on any atom is -0.497 e. The Bertz CT molecular complexity index is 2310. The van der Waals surface area contributed by atoms with Gasteiger partial charge < -0.3 is 19.1 Å². The number of anilines is 1. The van der Waals surface area contributed by atoms with Crippen LogP contribution in [0.25, 0.3) is 32.9 Å². The molecule has 0 N–H and O–H groups in total. The molecule has 0 aliphatic carbocycles. The van der Waals surface area contributed by atoms with E-state index in [1.807, 2.05) is 56.0 Å². The van der Waals surface area contributed by atoms with Crippen LogP contribution in [0.5, 0.6) is 11.8 Å². The number of hydrogen-bond donors (Lipinski definition) is 0. The molecule has 10 nitrogen and oxygen atoms in total. The lowest BCUT2D eigenvalue weighted by Crippen LogP contribution is -2.57. The number of halogens is 1. The summed E-state index contributed by atoms with van der Waals surface area (Å²) in [5, 5.41) is 2.23. The van der Waals surface area contributed by atoms with Crippen LogP contribution in [-0.4, -0.2) is 102 Å². The third-order valence-corrected chi connectivity index (χ3v) is 20.3. The summed E-state index contributed by atoms with van der Waals surface area (Å²) >= 11 is 0. The van der Waals surface area contributed by atoms with Crippen molar-refractivity contribution in [1.29, 1.82) is 0 Å². The van der Waals surface area contributed by atoms with Gasteiger partial charge in [0.05, 0.1) is 30.1 Å². The topological polar surface area (TPSA) is 93.2 Å². The molecule has 2 bridgehead atoms. The number of carbonyl (C=O) groups is 1. The van der Waals surface area contributed by atoms with E-state index in [-0.39, 0.29) is 40.9 Å². The molecule has 320 valence electrons. The number of methoxy groups -OCH3 is 1. The van der Waals surface area contributed by atoms with Gasteiger partial charge in [-0.25, -0.2) is 9.18 Å². The number of fused-ring (bicyclic) bond motifs is 5. The molecule has 1 amide bonds. The van der Waals surface area contributed by atoms with Gasteiger partial charge in [0.2, 0.25) is 0 Å². The number of carbonyl (C=O) groups excluding carboxylic acids is 1. The van der Waals surface area contributed by atoms with Crippen LogP contribution in [0, 0.1) is 17.3 Å². The largest absolute Gasteiger partial charge is 0.497 e. The fraction of sp³-hybridized carbons (Fsp3) is 0.583. The van der Waals surface area contributed by atoms with Crippen molar-refractivity contribution in [3.63, 3.8) is 0 Å². The molecule has 4 fully saturated rings. The predicted octanol–water partition coefficient (Wildman–Crippen LogP) is 10.2. The lowest BCUT2D eigenvalue weighted by molar-refractivity contribution is 0.0122. The zero-order valence-electron chi connectivity index (χ0n) is 37.3. The molecular formula is C48H63FN6O4Si. The average Bonchev–Trinajstić information content (AvgIpc) is 3.86. The molecule has 0 radical (unpaired) electrons. The maximum absolute atomic E-state index is 17.7. The van der Waals surface area contributed by atoms with Crippen molar-refractivity contribution in [2.24, 2.45) is 0 Å². The second-order valence-electron chi connectivity index (χ2n) is 19.6. The van der Waals surface area contributed by atoms with E-state index >= 15 is 4.39 Å². The van der Waals surface area contributed by atoms with Gasteiger partial charge in [0.15, 0.2) is 5.82 Å². The highest BCUT2D eigenvalue weighted by molar-refractivity contribution is 6.90. The molecule has 4 aliphatic heterocycles. The van der Waals surface area contributed by atoms with E-state index in [4.69, 9.17) is 29.2 Å². The van der Waals surface area contributed by atoms with Crippen LogP contribution in [-0.2, 0) is 4.74 Å². The maximum atomic E-state index is 17.7.